The molecule has 0 aliphatic rings. The van der Waals surface area contributed by atoms with Crippen molar-refractivity contribution in [1.82, 2.24) is 0 Å². The van der Waals surface area contributed by atoms with Gasteiger partial charge in [0, 0.05) is 22.9 Å². The summed E-state index contributed by atoms with van der Waals surface area (Å²) in [6, 6.07) is 13.3. The minimum Gasteiger partial charge on any atom is -0.330 e. The van der Waals surface area contributed by atoms with E-state index >= 15 is 0 Å². The quantitative estimate of drug-likeness (QED) is 0.879. The van der Waals surface area contributed by atoms with Gasteiger partial charge >= 0.3 is 0 Å². The fourth-order valence-electron chi connectivity index (χ4n) is 2.09. The van der Waals surface area contributed by atoms with Crippen molar-refractivity contribution in [2.75, 3.05) is 6.54 Å². The van der Waals surface area contributed by atoms with Gasteiger partial charge in [0.1, 0.15) is 5.82 Å². The van der Waals surface area contributed by atoms with Crippen LogP contribution < -0.4 is 5.73 Å². The van der Waals surface area contributed by atoms with E-state index in [1.165, 1.54) is 11.6 Å². The number of rotatable bonds is 4. The molecule has 1 nitrogen and oxygen atoms in total. The number of benzene rings is 2. The summed E-state index contributed by atoms with van der Waals surface area (Å²) in [5, 5.41) is 0. The number of nitrogens with two attached hydrogens (primary N) is 1. The highest BCUT2D eigenvalue weighted by Crippen LogP contribution is 2.24. The molecule has 0 unspecified atom stereocenters. The molecule has 2 rings (SSSR count). The van der Waals surface area contributed by atoms with Crippen LogP contribution in [-0.4, -0.2) is 6.54 Å². The standard InChI is InChI=1S/C17H19BrFN/c1-17(2,11-20)14-5-3-12(4-6-14)9-13-10-15(18)7-8-16(13)19/h3-8,10H,9,11,20H2,1-2H3. The molecule has 0 radical (unpaired) electrons. The van der Waals surface area contributed by atoms with Crippen LogP contribution in [0.3, 0.4) is 0 Å². The molecule has 0 aliphatic heterocycles. The van der Waals surface area contributed by atoms with Gasteiger partial charge in [-0.1, -0.05) is 54.0 Å². The van der Waals surface area contributed by atoms with Gasteiger partial charge < -0.3 is 5.73 Å². The molecule has 0 heterocycles. The van der Waals surface area contributed by atoms with Gasteiger partial charge in [0.05, 0.1) is 0 Å². The van der Waals surface area contributed by atoms with Crippen molar-refractivity contribution >= 4 is 15.9 Å². The molecule has 3 heteroatoms. The lowest BCUT2D eigenvalue weighted by molar-refractivity contribution is 0.539. The Morgan fingerprint density at radius 3 is 2.35 bits per heavy atom. The molecule has 20 heavy (non-hydrogen) atoms. The lowest BCUT2D eigenvalue weighted by Crippen LogP contribution is -2.27. The molecule has 2 N–H and O–H groups in total. The zero-order valence-corrected chi connectivity index (χ0v) is 13.4. The highest BCUT2D eigenvalue weighted by atomic mass is 79.9. The Kier molecular flexibility index (Phi) is 4.61. The summed E-state index contributed by atoms with van der Waals surface area (Å²) in [5.74, 6) is -0.167. The Morgan fingerprint density at radius 1 is 1.10 bits per heavy atom. The minimum absolute atomic E-state index is 0.0282. The average Bonchev–Trinajstić information content (AvgIpc) is 2.43. The van der Waals surface area contributed by atoms with Crippen LogP contribution in [0.5, 0.6) is 0 Å². The summed E-state index contributed by atoms with van der Waals surface area (Å²) in [6.45, 7) is 4.85. The van der Waals surface area contributed by atoms with E-state index in [2.05, 4.69) is 41.9 Å². The van der Waals surface area contributed by atoms with Gasteiger partial charge in [0.15, 0.2) is 0 Å². The molecular formula is C17H19BrFN. The van der Waals surface area contributed by atoms with Crippen LogP contribution in [-0.2, 0) is 11.8 Å². The molecular weight excluding hydrogens is 317 g/mol. The fraction of sp³-hybridized carbons (Fsp3) is 0.294. The molecule has 0 spiro atoms. The second-order valence-electron chi connectivity index (χ2n) is 5.70. The minimum atomic E-state index is -0.167. The molecule has 0 amide bonds. The molecule has 0 bridgehead atoms. The molecule has 0 aromatic heterocycles. The Balaban J connectivity index is 2.21. The fourth-order valence-corrected chi connectivity index (χ4v) is 2.50. The van der Waals surface area contributed by atoms with Crippen molar-refractivity contribution in [3.8, 4) is 0 Å². The Labute approximate surface area is 128 Å². The maximum atomic E-state index is 13.7. The summed E-state index contributed by atoms with van der Waals surface area (Å²) in [6.07, 6.45) is 0.592. The predicted molar refractivity (Wildman–Crippen MR) is 85.4 cm³/mol. The van der Waals surface area contributed by atoms with Crippen LogP contribution in [0.4, 0.5) is 4.39 Å². The van der Waals surface area contributed by atoms with Crippen molar-refractivity contribution in [2.24, 2.45) is 5.73 Å². The van der Waals surface area contributed by atoms with Gasteiger partial charge in [-0.3, -0.25) is 0 Å². The summed E-state index contributed by atoms with van der Waals surface area (Å²) >= 11 is 3.38. The van der Waals surface area contributed by atoms with Crippen LogP contribution in [0.1, 0.15) is 30.5 Å². The smallest absolute Gasteiger partial charge is 0.126 e. The summed E-state index contributed by atoms with van der Waals surface area (Å²) in [7, 11) is 0. The van der Waals surface area contributed by atoms with E-state index in [4.69, 9.17) is 5.73 Å². The third-order valence-electron chi connectivity index (χ3n) is 3.65. The average molecular weight is 336 g/mol. The molecule has 2 aromatic rings. The van der Waals surface area contributed by atoms with Gasteiger partial charge in [0.2, 0.25) is 0 Å². The maximum Gasteiger partial charge on any atom is 0.126 e. The van der Waals surface area contributed by atoms with E-state index in [9.17, 15) is 4.39 Å². The molecule has 106 valence electrons. The second-order valence-corrected chi connectivity index (χ2v) is 6.61. The number of hydrogen-bond acceptors (Lipinski definition) is 1. The zero-order chi connectivity index (χ0) is 14.8. The Morgan fingerprint density at radius 2 is 1.75 bits per heavy atom. The first-order chi connectivity index (χ1) is 9.42. The zero-order valence-electron chi connectivity index (χ0n) is 11.8. The number of hydrogen-bond donors (Lipinski definition) is 1. The third kappa shape index (κ3) is 3.47. The van der Waals surface area contributed by atoms with Crippen LogP contribution >= 0.6 is 15.9 Å². The third-order valence-corrected chi connectivity index (χ3v) is 4.14. The molecule has 0 atom stereocenters. The van der Waals surface area contributed by atoms with Crippen LogP contribution in [0.15, 0.2) is 46.9 Å². The highest BCUT2D eigenvalue weighted by Gasteiger charge is 2.18. The first kappa shape index (κ1) is 15.2. The van der Waals surface area contributed by atoms with Gasteiger partial charge in [-0.15, -0.1) is 0 Å². The van der Waals surface area contributed by atoms with Crippen molar-refractivity contribution in [3.05, 3.63) is 69.4 Å². The lowest BCUT2D eigenvalue weighted by Gasteiger charge is -2.23. The molecule has 2 aromatic carbocycles. The van der Waals surface area contributed by atoms with Crippen molar-refractivity contribution in [3.63, 3.8) is 0 Å². The highest BCUT2D eigenvalue weighted by molar-refractivity contribution is 9.10. The summed E-state index contributed by atoms with van der Waals surface area (Å²) in [4.78, 5) is 0. The molecule has 0 fully saturated rings. The van der Waals surface area contributed by atoms with Crippen LogP contribution in [0, 0.1) is 5.82 Å². The van der Waals surface area contributed by atoms with E-state index in [-0.39, 0.29) is 11.2 Å². The van der Waals surface area contributed by atoms with Crippen LogP contribution in [0.25, 0.3) is 0 Å². The van der Waals surface area contributed by atoms with Gasteiger partial charge in [-0.25, -0.2) is 4.39 Å². The van der Waals surface area contributed by atoms with E-state index in [0.29, 0.717) is 18.5 Å². The van der Waals surface area contributed by atoms with Gasteiger partial charge in [-0.2, -0.15) is 0 Å². The Bertz CT molecular complexity index is 590. The first-order valence-electron chi connectivity index (χ1n) is 6.66. The predicted octanol–water partition coefficient (Wildman–Crippen LogP) is 4.42. The number of halogens is 2. The van der Waals surface area contributed by atoms with E-state index in [0.717, 1.165) is 10.0 Å². The second kappa shape index (κ2) is 6.06. The first-order valence-corrected chi connectivity index (χ1v) is 7.45. The molecule has 0 aliphatic carbocycles. The van der Waals surface area contributed by atoms with Crippen LogP contribution in [0.2, 0.25) is 0 Å². The van der Waals surface area contributed by atoms with Crippen molar-refractivity contribution in [1.29, 1.82) is 0 Å². The van der Waals surface area contributed by atoms with E-state index < -0.39 is 0 Å². The molecule has 0 saturated carbocycles. The summed E-state index contributed by atoms with van der Waals surface area (Å²) < 4.78 is 14.6. The van der Waals surface area contributed by atoms with Gasteiger partial charge in [0.25, 0.3) is 0 Å². The topological polar surface area (TPSA) is 26.0 Å². The monoisotopic (exact) mass is 335 g/mol. The van der Waals surface area contributed by atoms with E-state index in [1.807, 2.05) is 18.2 Å². The lowest BCUT2D eigenvalue weighted by atomic mass is 9.84. The normalized spacial score (nSPS) is 11.7. The molecule has 0 saturated heterocycles. The SMILES string of the molecule is CC(C)(CN)c1ccc(Cc2cc(Br)ccc2F)cc1. The van der Waals surface area contributed by atoms with Gasteiger partial charge in [-0.05, 0) is 34.9 Å². The van der Waals surface area contributed by atoms with E-state index in [1.54, 1.807) is 6.07 Å². The van der Waals surface area contributed by atoms with Crippen molar-refractivity contribution in [2.45, 2.75) is 25.7 Å². The van der Waals surface area contributed by atoms with Crippen molar-refractivity contribution < 1.29 is 4.39 Å². The largest absolute Gasteiger partial charge is 0.330 e. The maximum absolute atomic E-state index is 13.7. The Hall–Kier alpha value is -1.19. The summed E-state index contributed by atoms with van der Waals surface area (Å²) in [5.41, 5.74) is 8.76.